The molecule has 0 heterocycles. The van der Waals surface area contributed by atoms with Crippen molar-refractivity contribution in [2.24, 2.45) is 0 Å². The molecule has 2 N–H and O–H groups in total. The van der Waals surface area contributed by atoms with Gasteiger partial charge < -0.3 is 14.9 Å². The lowest BCUT2D eigenvalue weighted by molar-refractivity contribution is -0.139. The molecule has 82 valence electrons. The molecule has 0 aromatic carbocycles. The van der Waals surface area contributed by atoms with Crippen molar-refractivity contribution in [2.75, 3.05) is 6.61 Å². The van der Waals surface area contributed by atoms with E-state index in [-0.39, 0.29) is 18.6 Å². The highest BCUT2D eigenvalue weighted by molar-refractivity contribution is 5.94. The summed E-state index contributed by atoms with van der Waals surface area (Å²) >= 11 is 0. The average molecular weight is 214 g/mol. The number of carbonyl (C=O) groups excluding carboxylic acids is 1. The van der Waals surface area contributed by atoms with E-state index in [0.29, 0.717) is 6.08 Å². The number of carboxylic acids is 2. The third kappa shape index (κ3) is 6.03. The number of carbonyl (C=O) groups is 3. The van der Waals surface area contributed by atoms with Gasteiger partial charge in [-0.1, -0.05) is 6.58 Å². The molecule has 6 nitrogen and oxygen atoms in total. The van der Waals surface area contributed by atoms with Gasteiger partial charge in [0.05, 0.1) is 6.61 Å². The second-order valence-electron chi connectivity index (χ2n) is 2.43. The van der Waals surface area contributed by atoms with Crippen LogP contribution < -0.4 is 0 Å². The summed E-state index contributed by atoms with van der Waals surface area (Å²) in [5.74, 6) is -3.40. The Morgan fingerprint density at radius 2 is 1.87 bits per heavy atom. The van der Waals surface area contributed by atoms with Crippen molar-refractivity contribution >= 4 is 17.9 Å². The second-order valence-corrected chi connectivity index (χ2v) is 2.43. The van der Waals surface area contributed by atoms with Gasteiger partial charge in [0.15, 0.2) is 0 Å². The van der Waals surface area contributed by atoms with Crippen molar-refractivity contribution in [3.05, 3.63) is 24.3 Å². The van der Waals surface area contributed by atoms with Gasteiger partial charge in [-0.15, -0.1) is 0 Å². The Morgan fingerprint density at radius 1 is 1.27 bits per heavy atom. The number of esters is 1. The molecule has 0 fully saturated rings. The number of aliphatic carboxylic acids is 2. The normalized spacial score (nSPS) is 10.5. The van der Waals surface area contributed by atoms with Gasteiger partial charge in [0, 0.05) is 24.1 Å². The van der Waals surface area contributed by atoms with Gasteiger partial charge in [-0.25, -0.2) is 14.4 Å². The van der Waals surface area contributed by atoms with Crippen LogP contribution in [0.2, 0.25) is 0 Å². The van der Waals surface area contributed by atoms with E-state index in [2.05, 4.69) is 11.3 Å². The minimum atomic E-state index is -1.36. The molecule has 0 radical (unpaired) electrons. The molecule has 0 amide bonds. The molecule has 0 aliphatic heterocycles. The van der Waals surface area contributed by atoms with E-state index in [4.69, 9.17) is 10.2 Å². The molecule has 0 aliphatic rings. The van der Waals surface area contributed by atoms with Gasteiger partial charge in [0.1, 0.15) is 0 Å². The van der Waals surface area contributed by atoms with Crippen molar-refractivity contribution < 1.29 is 29.3 Å². The van der Waals surface area contributed by atoms with Gasteiger partial charge in [-0.3, -0.25) is 0 Å². The van der Waals surface area contributed by atoms with Crippen molar-refractivity contribution in [3.63, 3.8) is 0 Å². The summed E-state index contributed by atoms with van der Waals surface area (Å²) < 4.78 is 4.50. The van der Waals surface area contributed by atoms with E-state index in [0.717, 1.165) is 6.08 Å². The summed E-state index contributed by atoms with van der Waals surface area (Å²) in [6.07, 6.45) is 1.33. The first kappa shape index (κ1) is 12.9. The van der Waals surface area contributed by atoms with Crippen molar-refractivity contribution in [2.45, 2.75) is 6.42 Å². The number of carboxylic acid groups (broad SMARTS) is 2. The Balaban J connectivity index is 4.21. The van der Waals surface area contributed by atoms with Crippen LogP contribution in [0.1, 0.15) is 6.42 Å². The molecular formula is C9H10O6. The molecule has 0 saturated heterocycles. The quantitative estimate of drug-likeness (QED) is 0.484. The molecule has 0 aromatic heterocycles. The van der Waals surface area contributed by atoms with Gasteiger partial charge in [0.2, 0.25) is 0 Å². The minimum absolute atomic E-state index is 0.165. The lowest BCUT2D eigenvalue weighted by Crippen LogP contribution is -2.09. The fraction of sp³-hybridized carbons (Fsp3) is 0.222. The molecule has 0 aliphatic carbocycles. The highest BCUT2D eigenvalue weighted by Crippen LogP contribution is 2.02. The standard InChI is InChI=1S/C9H10O6/c1-2-8(12)15-4-3-6(9(13)14)5-7(10)11/h2,5H,1,3-4H2,(H,10,11)(H,13,14)/b6-5-. The Hall–Kier alpha value is -2.11. The van der Waals surface area contributed by atoms with E-state index >= 15 is 0 Å². The molecule has 15 heavy (non-hydrogen) atoms. The Labute approximate surface area is 85.5 Å². The third-order valence-corrected chi connectivity index (χ3v) is 1.35. The summed E-state index contributed by atoms with van der Waals surface area (Å²) in [4.78, 5) is 31.3. The SMILES string of the molecule is C=CC(=O)OCC/C(=C/C(=O)O)C(=O)O. The summed E-state index contributed by atoms with van der Waals surface area (Å²) in [5, 5.41) is 16.9. The highest BCUT2D eigenvalue weighted by Gasteiger charge is 2.10. The van der Waals surface area contributed by atoms with Crippen LogP contribution in [-0.2, 0) is 19.1 Å². The highest BCUT2D eigenvalue weighted by atomic mass is 16.5. The van der Waals surface area contributed by atoms with Gasteiger partial charge in [-0.2, -0.15) is 0 Å². The number of hydrogen-bond acceptors (Lipinski definition) is 4. The van der Waals surface area contributed by atoms with E-state index < -0.39 is 17.9 Å². The lowest BCUT2D eigenvalue weighted by Gasteiger charge is -2.02. The summed E-state index contributed by atoms with van der Waals surface area (Å²) in [7, 11) is 0. The second kappa shape index (κ2) is 6.36. The molecule has 0 atom stereocenters. The maximum Gasteiger partial charge on any atom is 0.331 e. The maximum atomic E-state index is 10.6. The zero-order chi connectivity index (χ0) is 11.8. The topological polar surface area (TPSA) is 101 Å². The van der Waals surface area contributed by atoms with Gasteiger partial charge in [0.25, 0.3) is 0 Å². The molecule has 6 heteroatoms. The first-order valence-electron chi connectivity index (χ1n) is 3.93. The number of ether oxygens (including phenoxy) is 1. The average Bonchev–Trinajstić information content (AvgIpc) is 2.15. The van der Waals surface area contributed by atoms with Gasteiger partial charge >= 0.3 is 17.9 Å². The van der Waals surface area contributed by atoms with Crippen LogP contribution in [-0.4, -0.2) is 34.7 Å². The first-order chi connectivity index (χ1) is 6.97. The molecule has 0 rings (SSSR count). The summed E-state index contributed by atoms with van der Waals surface area (Å²) in [6.45, 7) is 2.94. The number of rotatable bonds is 6. The van der Waals surface area contributed by atoms with E-state index in [9.17, 15) is 14.4 Å². The lowest BCUT2D eigenvalue weighted by atomic mass is 10.2. The zero-order valence-corrected chi connectivity index (χ0v) is 7.80. The first-order valence-corrected chi connectivity index (χ1v) is 3.93. The Morgan fingerprint density at radius 3 is 2.27 bits per heavy atom. The maximum absolute atomic E-state index is 10.6. The molecular weight excluding hydrogens is 204 g/mol. The smallest absolute Gasteiger partial charge is 0.331 e. The van der Waals surface area contributed by atoms with Crippen LogP contribution in [0.5, 0.6) is 0 Å². The molecule has 0 bridgehead atoms. The van der Waals surface area contributed by atoms with Crippen LogP contribution in [0.4, 0.5) is 0 Å². The summed E-state index contributed by atoms with van der Waals surface area (Å²) in [6, 6.07) is 0. The fourth-order valence-electron chi connectivity index (χ4n) is 0.710. The Kier molecular flexibility index (Phi) is 5.47. The minimum Gasteiger partial charge on any atom is -0.478 e. The Bertz CT molecular complexity index is 315. The van der Waals surface area contributed by atoms with Crippen LogP contribution in [0.15, 0.2) is 24.3 Å². The predicted octanol–water partition coefficient (Wildman–Crippen LogP) is 0.201. The zero-order valence-electron chi connectivity index (χ0n) is 7.80. The predicted molar refractivity (Wildman–Crippen MR) is 49.1 cm³/mol. The fourth-order valence-corrected chi connectivity index (χ4v) is 0.710. The van der Waals surface area contributed by atoms with E-state index in [1.54, 1.807) is 0 Å². The third-order valence-electron chi connectivity index (χ3n) is 1.35. The molecule has 0 aromatic rings. The monoisotopic (exact) mass is 214 g/mol. The summed E-state index contributed by atoms with van der Waals surface area (Å²) in [5.41, 5.74) is -0.334. The van der Waals surface area contributed by atoms with Crippen LogP contribution in [0.25, 0.3) is 0 Å². The van der Waals surface area contributed by atoms with E-state index in [1.165, 1.54) is 0 Å². The van der Waals surface area contributed by atoms with Gasteiger partial charge in [-0.05, 0) is 0 Å². The van der Waals surface area contributed by atoms with Crippen molar-refractivity contribution in [3.8, 4) is 0 Å². The molecule has 0 unspecified atom stereocenters. The van der Waals surface area contributed by atoms with Crippen LogP contribution in [0, 0.1) is 0 Å². The largest absolute Gasteiger partial charge is 0.478 e. The van der Waals surface area contributed by atoms with Crippen molar-refractivity contribution in [1.82, 2.24) is 0 Å². The van der Waals surface area contributed by atoms with Crippen LogP contribution in [0.3, 0.4) is 0 Å². The number of hydrogen-bond donors (Lipinski definition) is 2. The van der Waals surface area contributed by atoms with Crippen molar-refractivity contribution in [1.29, 1.82) is 0 Å². The van der Waals surface area contributed by atoms with Crippen LogP contribution >= 0.6 is 0 Å². The van der Waals surface area contributed by atoms with E-state index in [1.807, 2.05) is 0 Å². The molecule has 0 saturated carbocycles. The molecule has 0 spiro atoms.